The molecule has 4 fully saturated rings. The average Bonchev–Trinajstić information content (AvgIpc) is 3.58. The van der Waals surface area contributed by atoms with E-state index in [0.717, 1.165) is 57.0 Å². The second-order valence-electron chi connectivity index (χ2n) is 11.1. The third-order valence-electron chi connectivity index (χ3n) is 9.05. The molecule has 0 unspecified atom stereocenters. The van der Waals surface area contributed by atoms with E-state index in [1.54, 1.807) is 0 Å². The number of hydrogen-bond donors (Lipinski definition) is 0. The highest BCUT2D eigenvalue weighted by Crippen LogP contribution is 2.43. The Hall–Kier alpha value is -2.06. The summed E-state index contributed by atoms with van der Waals surface area (Å²) in [6.07, 6.45) is 16.0. The van der Waals surface area contributed by atoms with Crippen LogP contribution in [0.1, 0.15) is 97.7 Å². The maximum atomic E-state index is 11.1. The van der Waals surface area contributed by atoms with Crippen molar-refractivity contribution in [2.24, 2.45) is 12.5 Å². The van der Waals surface area contributed by atoms with Crippen LogP contribution in [-0.2, 0) is 11.8 Å². The molecule has 0 atom stereocenters. The standard InChI is InChI=1S/C25H36N6O2/c1-29-23(14-32)27-28-24(29)19-4-2-18(3-5-19)20-12-26-31(13-20)22-8-6-21(7-9-22)30-15-25(16-30)10-11-33-17-25/h12-14,18-19,21-22H,2-11,15-17H2,1H3. The summed E-state index contributed by atoms with van der Waals surface area (Å²) in [7, 11) is 1.90. The number of aldehydes is 1. The van der Waals surface area contributed by atoms with E-state index >= 15 is 0 Å². The molecule has 0 aromatic carbocycles. The van der Waals surface area contributed by atoms with Crippen molar-refractivity contribution < 1.29 is 9.53 Å². The normalized spacial score (nSPS) is 32.2. The number of rotatable bonds is 5. The van der Waals surface area contributed by atoms with Crippen LogP contribution in [0.15, 0.2) is 12.4 Å². The lowest BCUT2D eigenvalue weighted by molar-refractivity contribution is -0.0475. The van der Waals surface area contributed by atoms with Crippen molar-refractivity contribution in [3.63, 3.8) is 0 Å². The van der Waals surface area contributed by atoms with Gasteiger partial charge in [0.25, 0.3) is 0 Å². The van der Waals surface area contributed by atoms with E-state index in [1.807, 2.05) is 11.6 Å². The lowest BCUT2D eigenvalue weighted by atomic mass is 9.76. The fraction of sp³-hybridized carbons (Fsp3) is 0.760. The number of aromatic nitrogens is 5. The molecular weight excluding hydrogens is 416 g/mol. The molecule has 2 aromatic rings. The summed E-state index contributed by atoms with van der Waals surface area (Å²) in [6.45, 7) is 4.45. The van der Waals surface area contributed by atoms with Crippen molar-refractivity contribution in [2.75, 3.05) is 26.3 Å². The molecule has 0 radical (unpaired) electrons. The SMILES string of the molecule is Cn1c(C=O)nnc1C1CCC(c2cnn(C3CCC(N4CC5(CCOC5)C4)CC3)c2)CC1. The summed E-state index contributed by atoms with van der Waals surface area (Å²) in [5.74, 6) is 2.35. The molecule has 8 heteroatoms. The van der Waals surface area contributed by atoms with Gasteiger partial charge in [0, 0.05) is 50.3 Å². The molecule has 0 N–H and O–H groups in total. The highest BCUT2D eigenvalue weighted by atomic mass is 16.5. The number of likely N-dealkylation sites (tertiary alicyclic amines) is 1. The summed E-state index contributed by atoms with van der Waals surface area (Å²) >= 11 is 0. The Labute approximate surface area is 195 Å². The molecule has 4 heterocycles. The first-order valence-corrected chi connectivity index (χ1v) is 12.8. The second kappa shape index (κ2) is 8.62. The van der Waals surface area contributed by atoms with E-state index in [4.69, 9.17) is 9.84 Å². The Morgan fingerprint density at radius 3 is 2.39 bits per heavy atom. The largest absolute Gasteiger partial charge is 0.381 e. The zero-order valence-electron chi connectivity index (χ0n) is 19.7. The van der Waals surface area contributed by atoms with Gasteiger partial charge in [-0.1, -0.05) is 0 Å². The van der Waals surface area contributed by atoms with Crippen LogP contribution in [-0.4, -0.2) is 68.1 Å². The van der Waals surface area contributed by atoms with Gasteiger partial charge in [0.05, 0.1) is 18.8 Å². The number of ether oxygens (including phenoxy) is 1. The molecule has 4 aliphatic rings. The van der Waals surface area contributed by atoms with Gasteiger partial charge < -0.3 is 9.30 Å². The van der Waals surface area contributed by atoms with Gasteiger partial charge in [-0.3, -0.25) is 14.4 Å². The highest BCUT2D eigenvalue weighted by Gasteiger charge is 2.48. The van der Waals surface area contributed by atoms with Crippen molar-refractivity contribution in [1.29, 1.82) is 0 Å². The summed E-state index contributed by atoms with van der Waals surface area (Å²) in [5.41, 5.74) is 1.89. The van der Waals surface area contributed by atoms with Crippen LogP contribution in [0.5, 0.6) is 0 Å². The number of carbonyl (C=O) groups is 1. The quantitative estimate of drug-likeness (QED) is 0.647. The molecule has 178 valence electrons. The second-order valence-corrected chi connectivity index (χ2v) is 11.1. The van der Waals surface area contributed by atoms with E-state index in [0.29, 0.717) is 29.1 Å². The molecule has 2 aromatic heterocycles. The summed E-state index contributed by atoms with van der Waals surface area (Å²) < 4.78 is 9.76. The number of nitrogens with zero attached hydrogens (tertiary/aromatic N) is 6. The van der Waals surface area contributed by atoms with E-state index < -0.39 is 0 Å². The van der Waals surface area contributed by atoms with Gasteiger partial charge in [-0.15, -0.1) is 10.2 Å². The van der Waals surface area contributed by atoms with Crippen LogP contribution in [0.2, 0.25) is 0 Å². The third kappa shape index (κ3) is 3.95. The van der Waals surface area contributed by atoms with Gasteiger partial charge in [0.1, 0.15) is 5.82 Å². The number of hydrogen-bond acceptors (Lipinski definition) is 6. The maximum absolute atomic E-state index is 11.1. The minimum atomic E-state index is 0.397. The lowest BCUT2D eigenvalue weighted by Crippen LogP contribution is -2.60. The predicted octanol–water partition coefficient (Wildman–Crippen LogP) is 3.47. The van der Waals surface area contributed by atoms with Gasteiger partial charge in [-0.25, -0.2) is 0 Å². The Bertz CT molecular complexity index is 969. The Kier molecular flexibility index (Phi) is 5.61. The minimum Gasteiger partial charge on any atom is -0.381 e. The smallest absolute Gasteiger partial charge is 0.196 e. The maximum Gasteiger partial charge on any atom is 0.196 e. The van der Waals surface area contributed by atoms with Crippen molar-refractivity contribution in [1.82, 2.24) is 29.4 Å². The van der Waals surface area contributed by atoms with Crippen LogP contribution < -0.4 is 0 Å². The van der Waals surface area contributed by atoms with Crippen LogP contribution in [0, 0.1) is 5.41 Å². The van der Waals surface area contributed by atoms with E-state index in [2.05, 4.69) is 32.2 Å². The Balaban J connectivity index is 1.00. The zero-order chi connectivity index (χ0) is 22.4. The van der Waals surface area contributed by atoms with Crippen molar-refractivity contribution in [2.45, 2.75) is 81.7 Å². The predicted molar refractivity (Wildman–Crippen MR) is 123 cm³/mol. The topological polar surface area (TPSA) is 78.1 Å². The average molecular weight is 453 g/mol. The molecule has 0 bridgehead atoms. The van der Waals surface area contributed by atoms with Gasteiger partial charge in [-0.2, -0.15) is 5.10 Å². The summed E-state index contributed by atoms with van der Waals surface area (Å²) in [4.78, 5) is 13.8. The molecule has 2 aliphatic heterocycles. The van der Waals surface area contributed by atoms with E-state index in [9.17, 15) is 4.79 Å². The van der Waals surface area contributed by atoms with Crippen LogP contribution in [0.3, 0.4) is 0 Å². The van der Waals surface area contributed by atoms with Gasteiger partial charge in [0.15, 0.2) is 12.1 Å². The van der Waals surface area contributed by atoms with Gasteiger partial charge >= 0.3 is 0 Å². The molecule has 2 saturated carbocycles. The Morgan fingerprint density at radius 2 is 1.73 bits per heavy atom. The molecule has 1 spiro atoms. The fourth-order valence-electron chi connectivity index (χ4n) is 6.92. The first-order valence-electron chi connectivity index (χ1n) is 12.8. The van der Waals surface area contributed by atoms with Crippen molar-refractivity contribution >= 4 is 6.29 Å². The van der Waals surface area contributed by atoms with Gasteiger partial charge in [0.2, 0.25) is 0 Å². The molecule has 8 nitrogen and oxygen atoms in total. The summed E-state index contributed by atoms with van der Waals surface area (Å²) in [6, 6.07) is 1.31. The molecular formula is C25H36N6O2. The van der Waals surface area contributed by atoms with Crippen LogP contribution in [0.25, 0.3) is 0 Å². The first-order chi connectivity index (χ1) is 16.1. The molecule has 2 aliphatic carbocycles. The molecule has 6 rings (SSSR count). The zero-order valence-corrected chi connectivity index (χ0v) is 19.7. The van der Waals surface area contributed by atoms with Crippen molar-refractivity contribution in [3.8, 4) is 0 Å². The van der Waals surface area contributed by atoms with E-state index in [-0.39, 0.29) is 0 Å². The molecule has 0 amide bonds. The lowest BCUT2D eigenvalue weighted by Gasteiger charge is -2.52. The molecule has 33 heavy (non-hydrogen) atoms. The van der Waals surface area contributed by atoms with Crippen LogP contribution in [0.4, 0.5) is 0 Å². The minimum absolute atomic E-state index is 0.397. The molecule has 2 saturated heterocycles. The van der Waals surface area contributed by atoms with Gasteiger partial charge in [-0.05, 0) is 69.3 Å². The van der Waals surface area contributed by atoms with E-state index in [1.165, 1.54) is 50.8 Å². The fourth-order valence-corrected chi connectivity index (χ4v) is 6.92. The third-order valence-corrected chi connectivity index (χ3v) is 9.05. The number of carbonyl (C=O) groups excluding carboxylic acids is 1. The highest BCUT2D eigenvalue weighted by molar-refractivity contribution is 5.68. The summed E-state index contributed by atoms with van der Waals surface area (Å²) in [5, 5.41) is 13.1. The monoisotopic (exact) mass is 452 g/mol. The van der Waals surface area contributed by atoms with Crippen molar-refractivity contribution in [3.05, 3.63) is 29.6 Å². The Morgan fingerprint density at radius 1 is 1.00 bits per heavy atom. The first kappa shape index (κ1) is 21.5. The van der Waals surface area contributed by atoms with Crippen LogP contribution >= 0.6 is 0 Å².